The normalized spacial score (nSPS) is 32.1. The molecule has 3 unspecified atom stereocenters. The summed E-state index contributed by atoms with van der Waals surface area (Å²) in [6.07, 6.45) is 8.50. The number of nitrogens with zero attached hydrogens (tertiary/aromatic N) is 1. The van der Waals surface area contributed by atoms with Crippen molar-refractivity contribution in [3.05, 3.63) is 0 Å². The van der Waals surface area contributed by atoms with E-state index < -0.39 is 0 Å². The van der Waals surface area contributed by atoms with Gasteiger partial charge in [-0.15, -0.1) is 0 Å². The van der Waals surface area contributed by atoms with Crippen LogP contribution >= 0.6 is 0 Å². The van der Waals surface area contributed by atoms with Crippen LogP contribution in [0.2, 0.25) is 0 Å². The Balaban J connectivity index is 1.57. The third-order valence-electron chi connectivity index (χ3n) is 4.64. The monoisotopic (exact) mass is 238 g/mol. The molecular formula is C15H30N2. The lowest BCUT2D eigenvalue weighted by atomic mass is 10.1. The molecule has 2 fully saturated rings. The van der Waals surface area contributed by atoms with E-state index in [1.807, 2.05) is 0 Å². The summed E-state index contributed by atoms with van der Waals surface area (Å²) < 4.78 is 0. The lowest BCUT2D eigenvalue weighted by Gasteiger charge is -2.22. The maximum atomic E-state index is 3.79. The van der Waals surface area contributed by atoms with Gasteiger partial charge >= 0.3 is 0 Å². The molecule has 0 spiro atoms. The Morgan fingerprint density at radius 3 is 2.65 bits per heavy atom. The average Bonchev–Trinajstić information content (AvgIpc) is 2.96. The summed E-state index contributed by atoms with van der Waals surface area (Å²) in [6, 6.07) is 0.820. The van der Waals surface area contributed by atoms with Crippen molar-refractivity contribution >= 4 is 0 Å². The van der Waals surface area contributed by atoms with Crippen molar-refractivity contribution < 1.29 is 0 Å². The fourth-order valence-corrected chi connectivity index (χ4v) is 3.47. The first-order valence-electron chi connectivity index (χ1n) is 7.73. The van der Waals surface area contributed by atoms with E-state index in [4.69, 9.17) is 0 Å². The topological polar surface area (TPSA) is 15.3 Å². The van der Waals surface area contributed by atoms with Crippen molar-refractivity contribution in [3.8, 4) is 0 Å². The summed E-state index contributed by atoms with van der Waals surface area (Å²) in [4.78, 5) is 2.63. The molecule has 17 heavy (non-hydrogen) atoms. The van der Waals surface area contributed by atoms with Gasteiger partial charge in [0.25, 0.3) is 0 Å². The van der Waals surface area contributed by atoms with Crippen molar-refractivity contribution in [2.24, 2.45) is 11.8 Å². The standard InChI is InChI=1S/C15H30N2/c1-3-14-6-7-15(10-14)16-11-13(2)12-17-8-4-5-9-17/h13-16H,3-12H2,1-2H3. The number of hydrogen-bond donors (Lipinski definition) is 1. The molecule has 1 aliphatic carbocycles. The highest BCUT2D eigenvalue weighted by Crippen LogP contribution is 2.27. The van der Waals surface area contributed by atoms with Crippen molar-refractivity contribution in [3.63, 3.8) is 0 Å². The molecule has 3 atom stereocenters. The predicted molar refractivity (Wildman–Crippen MR) is 74.3 cm³/mol. The van der Waals surface area contributed by atoms with Crippen LogP contribution in [0.4, 0.5) is 0 Å². The lowest BCUT2D eigenvalue weighted by Crippen LogP contribution is -2.35. The third kappa shape index (κ3) is 4.26. The molecule has 0 aromatic heterocycles. The Morgan fingerprint density at radius 2 is 2.00 bits per heavy atom. The fourth-order valence-electron chi connectivity index (χ4n) is 3.47. The van der Waals surface area contributed by atoms with E-state index in [2.05, 4.69) is 24.1 Å². The lowest BCUT2D eigenvalue weighted by molar-refractivity contribution is 0.277. The van der Waals surface area contributed by atoms with E-state index in [9.17, 15) is 0 Å². The molecule has 0 aromatic rings. The summed E-state index contributed by atoms with van der Waals surface area (Å²) in [7, 11) is 0. The summed E-state index contributed by atoms with van der Waals surface area (Å²) in [5.41, 5.74) is 0. The van der Waals surface area contributed by atoms with Crippen molar-refractivity contribution in [2.75, 3.05) is 26.2 Å². The molecule has 1 aliphatic heterocycles. The number of rotatable bonds is 6. The van der Waals surface area contributed by atoms with Crippen LogP contribution in [0.15, 0.2) is 0 Å². The highest BCUT2D eigenvalue weighted by Gasteiger charge is 2.23. The second-order valence-corrected chi connectivity index (χ2v) is 6.31. The van der Waals surface area contributed by atoms with Gasteiger partial charge in [-0.1, -0.05) is 20.3 Å². The molecule has 1 heterocycles. The first kappa shape index (κ1) is 13.4. The Morgan fingerprint density at radius 1 is 1.24 bits per heavy atom. The zero-order valence-electron chi connectivity index (χ0n) is 11.8. The number of nitrogens with one attached hydrogen (secondary N) is 1. The van der Waals surface area contributed by atoms with Gasteiger partial charge in [0, 0.05) is 12.6 Å². The SMILES string of the molecule is CCC1CCC(NCC(C)CN2CCCC2)C1. The Labute approximate surface area is 107 Å². The molecule has 2 heteroatoms. The molecule has 2 rings (SSSR count). The van der Waals surface area contributed by atoms with Crippen molar-refractivity contribution in [1.29, 1.82) is 0 Å². The molecule has 2 nitrogen and oxygen atoms in total. The minimum atomic E-state index is 0.814. The highest BCUT2D eigenvalue weighted by atomic mass is 15.1. The first-order valence-corrected chi connectivity index (χ1v) is 7.73. The Kier molecular flexibility index (Phi) is 5.30. The van der Waals surface area contributed by atoms with Crippen LogP contribution in [-0.4, -0.2) is 37.1 Å². The summed E-state index contributed by atoms with van der Waals surface area (Å²) in [5, 5.41) is 3.79. The van der Waals surface area contributed by atoms with Gasteiger partial charge in [-0.2, -0.15) is 0 Å². The maximum Gasteiger partial charge on any atom is 0.00699 e. The van der Waals surface area contributed by atoms with Crippen LogP contribution in [0.1, 0.15) is 52.4 Å². The molecule has 2 aliphatic rings. The summed E-state index contributed by atoms with van der Waals surface area (Å²) in [5.74, 6) is 1.81. The number of likely N-dealkylation sites (tertiary alicyclic amines) is 1. The van der Waals surface area contributed by atoms with Gasteiger partial charge in [0.1, 0.15) is 0 Å². The predicted octanol–water partition coefficient (Wildman–Crippen LogP) is 2.89. The number of hydrogen-bond acceptors (Lipinski definition) is 2. The first-order chi connectivity index (χ1) is 8.28. The highest BCUT2D eigenvalue weighted by molar-refractivity contribution is 4.81. The van der Waals surface area contributed by atoms with Crippen molar-refractivity contribution in [2.45, 2.75) is 58.4 Å². The van der Waals surface area contributed by atoms with E-state index in [1.54, 1.807) is 0 Å². The largest absolute Gasteiger partial charge is 0.314 e. The van der Waals surface area contributed by atoms with Crippen LogP contribution in [0.5, 0.6) is 0 Å². The molecule has 100 valence electrons. The molecule has 0 amide bonds. The molecule has 1 saturated carbocycles. The minimum Gasteiger partial charge on any atom is -0.314 e. The second-order valence-electron chi connectivity index (χ2n) is 6.31. The quantitative estimate of drug-likeness (QED) is 0.765. The fraction of sp³-hybridized carbons (Fsp3) is 1.00. The van der Waals surface area contributed by atoms with Gasteiger partial charge < -0.3 is 10.2 Å². The Bertz CT molecular complexity index is 211. The van der Waals surface area contributed by atoms with Crippen LogP contribution < -0.4 is 5.32 Å². The summed E-state index contributed by atoms with van der Waals surface area (Å²) in [6.45, 7) is 9.94. The van der Waals surface area contributed by atoms with Gasteiger partial charge in [0.2, 0.25) is 0 Å². The maximum absolute atomic E-state index is 3.79. The molecule has 1 N–H and O–H groups in total. The van der Waals surface area contributed by atoms with E-state index in [0.29, 0.717) is 0 Å². The van der Waals surface area contributed by atoms with Crippen molar-refractivity contribution in [1.82, 2.24) is 10.2 Å². The van der Waals surface area contributed by atoms with E-state index >= 15 is 0 Å². The molecule has 1 saturated heterocycles. The van der Waals surface area contributed by atoms with Crippen LogP contribution in [0.25, 0.3) is 0 Å². The smallest absolute Gasteiger partial charge is 0.00699 e. The molecule has 0 bridgehead atoms. The van der Waals surface area contributed by atoms with Gasteiger partial charge in [-0.25, -0.2) is 0 Å². The van der Waals surface area contributed by atoms with E-state index in [-0.39, 0.29) is 0 Å². The van der Waals surface area contributed by atoms with Gasteiger partial charge in [0.05, 0.1) is 0 Å². The van der Waals surface area contributed by atoms with Gasteiger partial charge in [-0.05, 0) is 63.6 Å². The molecule has 0 radical (unpaired) electrons. The third-order valence-corrected chi connectivity index (χ3v) is 4.64. The molecule has 0 aromatic carbocycles. The van der Waals surface area contributed by atoms with E-state index in [1.165, 1.54) is 64.7 Å². The van der Waals surface area contributed by atoms with Gasteiger partial charge in [-0.3, -0.25) is 0 Å². The second kappa shape index (κ2) is 6.75. The van der Waals surface area contributed by atoms with Crippen LogP contribution in [-0.2, 0) is 0 Å². The zero-order chi connectivity index (χ0) is 12.1. The minimum absolute atomic E-state index is 0.814. The van der Waals surface area contributed by atoms with Crippen LogP contribution in [0, 0.1) is 11.8 Å². The van der Waals surface area contributed by atoms with E-state index in [0.717, 1.165) is 17.9 Å². The zero-order valence-corrected chi connectivity index (χ0v) is 11.8. The summed E-state index contributed by atoms with van der Waals surface area (Å²) >= 11 is 0. The molecular weight excluding hydrogens is 208 g/mol. The Hall–Kier alpha value is -0.0800. The van der Waals surface area contributed by atoms with Gasteiger partial charge in [0.15, 0.2) is 0 Å². The average molecular weight is 238 g/mol. The van der Waals surface area contributed by atoms with Crippen LogP contribution in [0.3, 0.4) is 0 Å².